The van der Waals surface area contributed by atoms with Crippen molar-refractivity contribution in [1.29, 1.82) is 0 Å². The maximum absolute atomic E-state index is 4.92. The SMILES string of the molecule is CCc1nc2ccccc2n1-c1ccc(-c2ccc(-c3cc4ccc5cccc6c7cccc8ccc9cccc(c(c3)c4c56)c9c87)c3ccccc23)cc1. The molecule has 0 atom stereocenters. The highest BCUT2D eigenvalue weighted by Gasteiger charge is 2.18. The fraction of sp³-hybridized carbons (Fsp3) is 0.0377. The molecule has 12 aromatic rings. The summed E-state index contributed by atoms with van der Waals surface area (Å²) in [5.41, 5.74) is 8.22. The van der Waals surface area contributed by atoms with Crippen molar-refractivity contribution in [2.24, 2.45) is 0 Å². The minimum Gasteiger partial charge on any atom is -0.296 e. The smallest absolute Gasteiger partial charge is 0.114 e. The summed E-state index contributed by atoms with van der Waals surface area (Å²) in [5.74, 6) is 1.07. The highest BCUT2D eigenvalue weighted by Crippen LogP contribution is 2.45. The zero-order valence-electron chi connectivity index (χ0n) is 30.3. The molecular weight excluding hydrogens is 665 g/mol. The van der Waals surface area contributed by atoms with Crippen LogP contribution in [0.15, 0.2) is 176 Å². The van der Waals surface area contributed by atoms with Gasteiger partial charge < -0.3 is 0 Å². The van der Waals surface area contributed by atoms with E-state index in [4.69, 9.17) is 4.98 Å². The molecule has 1 heterocycles. The van der Waals surface area contributed by atoms with Gasteiger partial charge in [-0.1, -0.05) is 146 Å². The molecule has 0 spiro atoms. The molecule has 0 aliphatic rings. The maximum atomic E-state index is 4.92. The van der Waals surface area contributed by atoms with Gasteiger partial charge in [-0.3, -0.25) is 4.57 Å². The zero-order valence-corrected chi connectivity index (χ0v) is 30.3. The zero-order chi connectivity index (χ0) is 36.2. The topological polar surface area (TPSA) is 17.8 Å². The maximum Gasteiger partial charge on any atom is 0.114 e. The van der Waals surface area contributed by atoms with Crippen LogP contribution in [0.2, 0.25) is 0 Å². The summed E-state index contributed by atoms with van der Waals surface area (Å²) in [5, 5.41) is 18.1. The van der Waals surface area contributed by atoms with Gasteiger partial charge in [0.25, 0.3) is 0 Å². The van der Waals surface area contributed by atoms with Crippen molar-refractivity contribution < 1.29 is 0 Å². The van der Waals surface area contributed by atoms with E-state index in [1.807, 2.05) is 0 Å². The van der Waals surface area contributed by atoms with E-state index in [1.54, 1.807) is 0 Å². The van der Waals surface area contributed by atoms with Crippen LogP contribution in [0.3, 0.4) is 0 Å². The van der Waals surface area contributed by atoms with Crippen LogP contribution in [-0.2, 0) is 6.42 Å². The number of rotatable bonds is 4. The predicted octanol–water partition coefficient (Wildman–Crippen LogP) is 14.4. The third-order valence-corrected chi connectivity index (χ3v) is 12.0. The Morgan fingerprint density at radius 3 is 1.53 bits per heavy atom. The van der Waals surface area contributed by atoms with Crippen LogP contribution in [0.4, 0.5) is 0 Å². The second kappa shape index (κ2) is 11.5. The van der Waals surface area contributed by atoms with Gasteiger partial charge in [-0.15, -0.1) is 0 Å². The molecule has 0 saturated carbocycles. The first-order chi connectivity index (χ1) is 27.2. The van der Waals surface area contributed by atoms with E-state index in [-0.39, 0.29) is 0 Å². The third-order valence-electron chi connectivity index (χ3n) is 12.0. The molecule has 2 heteroatoms. The molecule has 0 radical (unpaired) electrons. The molecule has 1 aromatic heterocycles. The first-order valence-corrected chi connectivity index (χ1v) is 19.3. The molecule has 0 aliphatic heterocycles. The van der Waals surface area contributed by atoms with Gasteiger partial charge in [0.1, 0.15) is 5.82 Å². The Morgan fingerprint density at radius 2 is 0.909 bits per heavy atom. The van der Waals surface area contributed by atoms with E-state index in [9.17, 15) is 0 Å². The number of benzene rings is 10. The molecule has 256 valence electrons. The fourth-order valence-electron chi connectivity index (χ4n) is 9.63. The molecule has 0 N–H and O–H groups in total. The molecular formula is C53H34N2. The normalized spacial score (nSPS) is 12.2. The number of aryl methyl sites for hydroxylation is 1. The monoisotopic (exact) mass is 698 g/mol. The largest absolute Gasteiger partial charge is 0.296 e. The van der Waals surface area contributed by atoms with Gasteiger partial charge in [-0.2, -0.15) is 0 Å². The Balaban J connectivity index is 1.10. The summed E-state index contributed by atoms with van der Waals surface area (Å²) >= 11 is 0. The van der Waals surface area contributed by atoms with E-state index < -0.39 is 0 Å². The van der Waals surface area contributed by atoms with Crippen molar-refractivity contribution in [1.82, 2.24) is 9.55 Å². The molecule has 2 nitrogen and oxygen atoms in total. The highest BCUT2D eigenvalue weighted by molar-refractivity contribution is 6.37. The molecule has 0 bridgehead atoms. The van der Waals surface area contributed by atoms with Gasteiger partial charge in [0.2, 0.25) is 0 Å². The minimum atomic E-state index is 0.870. The number of aromatic nitrogens is 2. The van der Waals surface area contributed by atoms with Gasteiger partial charge in [-0.25, -0.2) is 4.98 Å². The van der Waals surface area contributed by atoms with Crippen LogP contribution >= 0.6 is 0 Å². The lowest BCUT2D eigenvalue weighted by Crippen LogP contribution is -1.99. The average molecular weight is 699 g/mol. The fourth-order valence-corrected chi connectivity index (χ4v) is 9.63. The first-order valence-electron chi connectivity index (χ1n) is 19.3. The van der Waals surface area contributed by atoms with Crippen LogP contribution < -0.4 is 0 Å². The molecule has 55 heavy (non-hydrogen) atoms. The molecule has 12 rings (SSSR count). The number of fused-ring (bicyclic) bond motifs is 4. The third kappa shape index (κ3) is 4.34. The van der Waals surface area contributed by atoms with E-state index in [2.05, 4.69) is 187 Å². The summed E-state index contributed by atoms with van der Waals surface area (Å²) in [6.45, 7) is 2.17. The molecule has 0 aliphatic carbocycles. The van der Waals surface area contributed by atoms with Crippen LogP contribution in [0.25, 0.3) is 114 Å². The summed E-state index contributed by atoms with van der Waals surface area (Å²) in [6, 6.07) is 65.5. The van der Waals surface area contributed by atoms with Crippen LogP contribution in [0, 0.1) is 0 Å². The minimum absolute atomic E-state index is 0.870. The Bertz CT molecular complexity index is 3510. The first kappa shape index (κ1) is 30.4. The Hall–Kier alpha value is -7.03. The van der Waals surface area contributed by atoms with Crippen molar-refractivity contribution in [2.75, 3.05) is 0 Å². The number of hydrogen-bond acceptors (Lipinski definition) is 1. The van der Waals surface area contributed by atoms with Crippen LogP contribution in [0.1, 0.15) is 12.7 Å². The van der Waals surface area contributed by atoms with E-state index in [1.165, 1.54) is 97.7 Å². The number of nitrogens with zero attached hydrogens (tertiary/aromatic N) is 2. The number of para-hydroxylation sites is 2. The Morgan fingerprint density at radius 1 is 0.400 bits per heavy atom. The van der Waals surface area contributed by atoms with Gasteiger partial charge >= 0.3 is 0 Å². The van der Waals surface area contributed by atoms with E-state index in [0.29, 0.717) is 0 Å². The van der Waals surface area contributed by atoms with Gasteiger partial charge in [0, 0.05) is 12.1 Å². The second-order valence-corrected chi connectivity index (χ2v) is 14.9. The van der Waals surface area contributed by atoms with Crippen molar-refractivity contribution in [3.05, 3.63) is 182 Å². The van der Waals surface area contributed by atoms with Gasteiger partial charge in [0.05, 0.1) is 11.0 Å². The van der Waals surface area contributed by atoms with Gasteiger partial charge in [0.15, 0.2) is 0 Å². The molecule has 0 unspecified atom stereocenters. The number of hydrogen-bond donors (Lipinski definition) is 0. The van der Waals surface area contributed by atoms with Crippen molar-refractivity contribution in [3.63, 3.8) is 0 Å². The van der Waals surface area contributed by atoms with Crippen molar-refractivity contribution in [2.45, 2.75) is 13.3 Å². The summed E-state index contributed by atoms with van der Waals surface area (Å²) in [7, 11) is 0. The van der Waals surface area contributed by atoms with E-state index in [0.717, 1.165) is 29.0 Å². The lowest BCUT2D eigenvalue weighted by Gasteiger charge is -2.18. The highest BCUT2D eigenvalue weighted by atomic mass is 15.1. The average Bonchev–Trinajstić information content (AvgIpc) is 3.63. The lowest BCUT2D eigenvalue weighted by molar-refractivity contribution is 0.908. The summed E-state index contributed by atoms with van der Waals surface area (Å²) in [4.78, 5) is 4.92. The molecule has 0 saturated heterocycles. The predicted molar refractivity (Wildman–Crippen MR) is 235 cm³/mol. The second-order valence-electron chi connectivity index (χ2n) is 14.9. The van der Waals surface area contributed by atoms with Gasteiger partial charge in [-0.05, 0) is 134 Å². The quantitative estimate of drug-likeness (QED) is 0.167. The molecule has 0 amide bonds. The molecule has 0 fully saturated rings. The standard InChI is InChI=1S/C53H34N2/c1-2-49-54-47-18-5-6-19-48(47)55(49)38-26-24-32(25-27-38)39-28-29-40(42-14-4-3-13-41(39)42)37-30-36-23-22-35-11-8-16-44-43-15-7-10-33-20-21-34-12-9-17-45(52(34)50(33)43)46(31-37)53(36)51(35)44/h3-31H,2H2,1H3. The summed E-state index contributed by atoms with van der Waals surface area (Å²) < 4.78 is 2.29. The van der Waals surface area contributed by atoms with Crippen molar-refractivity contribution >= 4 is 86.4 Å². The molecule has 11 aromatic carbocycles. The Kier molecular flexibility index (Phi) is 6.35. The van der Waals surface area contributed by atoms with Crippen molar-refractivity contribution in [3.8, 4) is 27.9 Å². The Labute approximate surface area is 317 Å². The lowest BCUT2D eigenvalue weighted by atomic mass is 9.85. The van der Waals surface area contributed by atoms with Crippen LogP contribution in [0.5, 0.6) is 0 Å². The number of imidazole rings is 1. The van der Waals surface area contributed by atoms with Crippen LogP contribution in [-0.4, -0.2) is 9.55 Å². The van der Waals surface area contributed by atoms with E-state index >= 15 is 0 Å². The summed E-state index contributed by atoms with van der Waals surface area (Å²) in [6.07, 6.45) is 0.870.